The van der Waals surface area contributed by atoms with E-state index in [0.29, 0.717) is 22.8 Å². The van der Waals surface area contributed by atoms with Gasteiger partial charge in [-0.1, -0.05) is 12.1 Å². The number of carbonyl (C=O) groups excluding carboxylic acids is 1. The Morgan fingerprint density at radius 3 is 2.62 bits per heavy atom. The number of nitrogens with zero attached hydrogens (tertiary/aromatic N) is 5. The molecule has 1 saturated heterocycles. The lowest BCUT2D eigenvalue weighted by atomic mass is 9.92. The molecule has 1 N–H and O–H groups in total. The van der Waals surface area contributed by atoms with Crippen molar-refractivity contribution < 1.29 is 9.90 Å². The number of hydrogen-bond donors (Lipinski definition) is 1. The van der Waals surface area contributed by atoms with Crippen LogP contribution in [-0.2, 0) is 5.60 Å². The topological polar surface area (TPSA) is 84.1 Å². The van der Waals surface area contributed by atoms with Gasteiger partial charge < -0.3 is 10.0 Å². The molecule has 8 heteroatoms. The molecule has 2 aromatic heterocycles. The summed E-state index contributed by atoms with van der Waals surface area (Å²) in [5, 5.41) is 19.3. The Balaban J connectivity index is 1.60. The molecule has 0 bridgehead atoms. The highest BCUT2D eigenvalue weighted by Gasteiger charge is 2.33. The number of carbonyl (C=O) groups is 1. The van der Waals surface area contributed by atoms with Gasteiger partial charge in [0.1, 0.15) is 10.6 Å². The van der Waals surface area contributed by atoms with Crippen molar-refractivity contribution in [3.05, 3.63) is 58.3 Å². The van der Waals surface area contributed by atoms with Crippen LogP contribution in [0, 0.1) is 0 Å². The van der Waals surface area contributed by atoms with Crippen molar-refractivity contribution in [2.24, 2.45) is 0 Å². The van der Waals surface area contributed by atoms with E-state index >= 15 is 0 Å². The van der Waals surface area contributed by atoms with Crippen molar-refractivity contribution in [1.29, 1.82) is 0 Å². The second-order valence-corrected chi connectivity index (χ2v) is 9.11. The molecule has 152 valence electrons. The molecule has 1 fully saturated rings. The minimum absolute atomic E-state index is 0.0117. The van der Waals surface area contributed by atoms with Crippen LogP contribution in [0.3, 0.4) is 0 Å². The number of thiazole rings is 1. The number of benzene rings is 1. The highest BCUT2D eigenvalue weighted by Crippen LogP contribution is 2.36. The molecule has 1 aromatic carbocycles. The van der Waals surface area contributed by atoms with Gasteiger partial charge in [0, 0.05) is 29.6 Å². The molecule has 0 spiro atoms. The summed E-state index contributed by atoms with van der Waals surface area (Å²) in [7, 11) is 0. The van der Waals surface area contributed by atoms with Gasteiger partial charge in [-0.15, -0.1) is 11.3 Å². The summed E-state index contributed by atoms with van der Waals surface area (Å²) >= 11 is 1.54. The third-order valence-corrected chi connectivity index (χ3v) is 6.83. The molecule has 2 unspecified atom stereocenters. The van der Waals surface area contributed by atoms with Gasteiger partial charge in [0.15, 0.2) is 0 Å². The smallest absolute Gasteiger partial charge is 0.256 e. The Kier molecular flexibility index (Phi) is 5.23. The molecule has 29 heavy (non-hydrogen) atoms. The molecule has 3 heterocycles. The minimum Gasteiger partial charge on any atom is -0.383 e. The van der Waals surface area contributed by atoms with E-state index in [2.05, 4.69) is 22.1 Å². The van der Waals surface area contributed by atoms with E-state index in [1.807, 2.05) is 35.4 Å². The third kappa shape index (κ3) is 3.95. The van der Waals surface area contributed by atoms with Gasteiger partial charge in [-0.3, -0.25) is 4.79 Å². The molecule has 0 radical (unpaired) electrons. The van der Waals surface area contributed by atoms with Crippen LogP contribution < -0.4 is 0 Å². The maximum absolute atomic E-state index is 13.5. The molecule has 4 rings (SSSR count). The van der Waals surface area contributed by atoms with Crippen molar-refractivity contribution in [2.45, 2.75) is 51.2 Å². The largest absolute Gasteiger partial charge is 0.383 e. The highest BCUT2D eigenvalue weighted by molar-refractivity contribution is 7.11. The van der Waals surface area contributed by atoms with Crippen LogP contribution in [0.1, 0.15) is 59.8 Å². The molecular formula is C21H25N5O2S. The van der Waals surface area contributed by atoms with Gasteiger partial charge in [-0.05, 0) is 45.7 Å². The summed E-state index contributed by atoms with van der Waals surface area (Å²) in [5.74, 6) is 0.209. The van der Waals surface area contributed by atoms with Crippen molar-refractivity contribution in [2.75, 3.05) is 6.54 Å². The fourth-order valence-corrected chi connectivity index (χ4v) is 4.75. The number of amides is 1. The minimum atomic E-state index is -0.948. The van der Waals surface area contributed by atoms with E-state index < -0.39 is 5.60 Å². The van der Waals surface area contributed by atoms with Gasteiger partial charge >= 0.3 is 0 Å². The number of aromatic nitrogens is 4. The third-order valence-electron chi connectivity index (χ3n) is 5.36. The second-order valence-electron chi connectivity index (χ2n) is 8.04. The lowest BCUT2D eigenvalue weighted by molar-refractivity contribution is 0.0610. The van der Waals surface area contributed by atoms with Crippen LogP contribution in [0.25, 0.3) is 5.69 Å². The zero-order valence-electron chi connectivity index (χ0n) is 16.8. The molecule has 3 aromatic rings. The SMILES string of the molecule is CC1CCC(c2cnc(C(C)(C)O)s2)CN1C(=O)c1ccccc1-n1nccn1. The molecule has 2 atom stereocenters. The lowest BCUT2D eigenvalue weighted by Crippen LogP contribution is -2.45. The first-order chi connectivity index (χ1) is 13.8. The maximum atomic E-state index is 13.5. The number of rotatable bonds is 4. The summed E-state index contributed by atoms with van der Waals surface area (Å²) in [6.07, 6.45) is 6.98. The average molecular weight is 412 g/mol. The van der Waals surface area contributed by atoms with Crippen molar-refractivity contribution in [3.63, 3.8) is 0 Å². The highest BCUT2D eigenvalue weighted by atomic mass is 32.1. The first-order valence-electron chi connectivity index (χ1n) is 9.80. The maximum Gasteiger partial charge on any atom is 0.256 e. The lowest BCUT2D eigenvalue weighted by Gasteiger charge is -2.38. The predicted octanol–water partition coefficient (Wildman–Crippen LogP) is 3.36. The van der Waals surface area contributed by atoms with Crippen LogP contribution in [0.4, 0.5) is 0 Å². The zero-order chi connectivity index (χ0) is 20.6. The zero-order valence-corrected chi connectivity index (χ0v) is 17.6. The van der Waals surface area contributed by atoms with Crippen LogP contribution in [0.15, 0.2) is 42.9 Å². The first-order valence-corrected chi connectivity index (χ1v) is 10.6. The molecule has 0 saturated carbocycles. The summed E-state index contributed by atoms with van der Waals surface area (Å²) in [4.78, 5) is 22.4. The van der Waals surface area contributed by atoms with Crippen LogP contribution >= 0.6 is 11.3 Å². The van der Waals surface area contributed by atoms with Gasteiger partial charge in [-0.2, -0.15) is 15.0 Å². The normalized spacial score (nSPS) is 20.1. The Morgan fingerprint density at radius 1 is 1.21 bits per heavy atom. The monoisotopic (exact) mass is 411 g/mol. The fourth-order valence-electron chi connectivity index (χ4n) is 3.70. The van der Waals surface area contributed by atoms with E-state index in [1.165, 1.54) is 16.1 Å². The van der Waals surface area contributed by atoms with Crippen LogP contribution in [0.5, 0.6) is 0 Å². The van der Waals surface area contributed by atoms with Gasteiger partial charge in [-0.25, -0.2) is 4.98 Å². The average Bonchev–Trinajstić information content (AvgIpc) is 3.40. The Labute approximate surface area is 174 Å². The number of likely N-dealkylation sites (tertiary alicyclic amines) is 1. The van der Waals surface area contributed by atoms with E-state index in [9.17, 15) is 9.90 Å². The van der Waals surface area contributed by atoms with Crippen LogP contribution in [0.2, 0.25) is 0 Å². The fraction of sp³-hybridized carbons (Fsp3) is 0.429. The Morgan fingerprint density at radius 2 is 1.93 bits per heavy atom. The Hall–Kier alpha value is -2.58. The van der Waals surface area contributed by atoms with Gasteiger partial charge in [0.2, 0.25) is 0 Å². The quantitative estimate of drug-likeness (QED) is 0.712. The molecule has 1 aliphatic rings. The van der Waals surface area contributed by atoms with E-state index in [0.717, 1.165) is 17.7 Å². The van der Waals surface area contributed by atoms with Crippen LogP contribution in [-0.4, -0.2) is 48.5 Å². The molecular weight excluding hydrogens is 386 g/mol. The van der Waals surface area contributed by atoms with E-state index in [4.69, 9.17) is 0 Å². The summed E-state index contributed by atoms with van der Waals surface area (Å²) in [6.45, 7) is 6.22. The second kappa shape index (κ2) is 7.68. The van der Waals surface area contributed by atoms with Gasteiger partial charge in [0.25, 0.3) is 5.91 Å². The van der Waals surface area contributed by atoms with E-state index in [1.54, 1.807) is 26.2 Å². The van der Waals surface area contributed by atoms with Crippen molar-refractivity contribution >= 4 is 17.2 Å². The molecule has 1 amide bonds. The van der Waals surface area contributed by atoms with Crippen molar-refractivity contribution in [3.8, 4) is 5.69 Å². The number of para-hydroxylation sites is 1. The van der Waals surface area contributed by atoms with E-state index in [-0.39, 0.29) is 17.9 Å². The summed E-state index contributed by atoms with van der Waals surface area (Å²) < 4.78 is 0. The first kappa shape index (κ1) is 19.7. The molecule has 0 aliphatic carbocycles. The van der Waals surface area contributed by atoms with Crippen molar-refractivity contribution in [1.82, 2.24) is 24.9 Å². The number of piperidine rings is 1. The standard InChI is InChI=1S/C21H25N5O2S/c1-14-8-9-15(18-12-22-20(29-18)21(2,3)28)13-25(14)19(27)16-6-4-5-7-17(16)26-23-10-11-24-26/h4-7,10-12,14-15,28H,8-9,13H2,1-3H3. The summed E-state index contributed by atoms with van der Waals surface area (Å²) in [5.41, 5.74) is 0.326. The number of hydrogen-bond acceptors (Lipinski definition) is 6. The summed E-state index contributed by atoms with van der Waals surface area (Å²) in [6, 6.07) is 7.59. The molecule has 1 aliphatic heterocycles. The van der Waals surface area contributed by atoms with Gasteiger partial charge in [0.05, 0.1) is 23.6 Å². The number of aliphatic hydroxyl groups is 1. The predicted molar refractivity (Wildman–Crippen MR) is 111 cm³/mol. The molecule has 7 nitrogen and oxygen atoms in total. The Bertz CT molecular complexity index is 993.